The van der Waals surface area contributed by atoms with Crippen LogP contribution in [0.4, 0.5) is 0 Å². The summed E-state index contributed by atoms with van der Waals surface area (Å²) >= 11 is 1.62. The fourth-order valence-corrected chi connectivity index (χ4v) is 3.57. The molecule has 0 N–H and O–H groups in total. The molecule has 0 aliphatic heterocycles. The van der Waals surface area contributed by atoms with Crippen LogP contribution in [0.5, 0.6) is 0 Å². The van der Waals surface area contributed by atoms with E-state index < -0.39 is 0 Å². The molecule has 2 aromatic carbocycles. The van der Waals surface area contributed by atoms with E-state index in [0.717, 1.165) is 12.8 Å². The monoisotopic (exact) mass is 572 g/mol. The minimum Gasteiger partial charge on any atom is -1.00 e. The predicted molar refractivity (Wildman–Crippen MR) is 138 cm³/mol. The quantitative estimate of drug-likeness (QED) is 0.413. The Morgan fingerprint density at radius 1 is 0.882 bits per heavy atom. The molecule has 0 fully saturated rings. The van der Waals surface area contributed by atoms with Gasteiger partial charge in [-0.3, -0.25) is 6.08 Å². The molecule has 2 aliphatic rings. The molecule has 3 heteroatoms. The number of fused-ring (bicyclic) bond motifs is 3. The van der Waals surface area contributed by atoms with Crippen molar-refractivity contribution in [1.29, 1.82) is 0 Å². The van der Waals surface area contributed by atoms with Crippen molar-refractivity contribution in [2.45, 2.75) is 91.9 Å². The molecule has 0 nitrogen and oxygen atoms in total. The number of hydrogen-bond acceptors (Lipinski definition) is 0. The van der Waals surface area contributed by atoms with Gasteiger partial charge < -0.3 is 24.8 Å². The predicted octanol–water partition coefficient (Wildman–Crippen LogP) is 2.49. The smallest absolute Gasteiger partial charge is 0.109 e. The number of hydrogen-bond donors (Lipinski definition) is 0. The van der Waals surface area contributed by atoms with Gasteiger partial charge >= 0.3 is 54.1 Å². The van der Waals surface area contributed by atoms with Gasteiger partial charge in [0.25, 0.3) is 0 Å². The maximum atomic E-state index is 3.53. The molecule has 4 rings (SSSR count). The van der Waals surface area contributed by atoms with Crippen molar-refractivity contribution in [2.24, 2.45) is 0 Å². The van der Waals surface area contributed by atoms with Crippen LogP contribution in [0.25, 0.3) is 11.1 Å². The fourth-order valence-electron chi connectivity index (χ4n) is 3.57. The third-order valence-corrected chi connectivity index (χ3v) is 7.70. The molecule has 0 aromatic heterocycles. The van der Waals surface area contributed by atoms with Crippen LogP contribution >= 0.6 is 0 Å². The minimum absolute atomic E-state index is 0. The zero-order valence-corrected chi connectivity index (χ0v) is 26.2. The van der Waals surface area contributed by atoms with Crippen LogP contribution in [0, 0.1) is 12.1 Å². The van der Waals surface area contributed by atoms with Gasteiger partial charge in [0.1, 0.15) is 0 Å². The Hall–Kier alpha value is -0.747. The Kier molecular flexibility index (Phi) is 14.4. The molecule has 2 aromatic rings. The SMILES string of the molecule is CC(C)(C)c1c[c-]c2c(c1)-c1cc(C(C)(C)C)ccc1C2.CC[C](=[Zr+2])CC.[C-]1=CC=CC1.[Cl-].[Cl-]. The summed E-state index contributed by atoms with van der Waals surface area (Å²) < 4.78 is 1.68. The molecule has 34 heavy (non-hydrogen) atoms. The first-order valence-corrected chi connectivity index (χ1v) is 13.2. The van der Waals surface area contributed by atoms with Gasteiger partial charge in [0.05, 0.1) is 0 Å². The van der Waals surface area contributed by atoms with Crippen molar-refractivity contribution in [3.8, 4) is 11.1 Å². The van der Waals surface area contributed by atoms with Crippen LogP contribution in [-0.2, 0) is 41.5 Å². The van der Waals surface area contributed by atoms with E-state index in [1.165, 1.54) is 46.2 Å². The van der Waals surface area contributed by atoms with Gasteiger partial charge in [-0.25, -0.2) is 12.2 Å². The van der Waals surface area contributed by atoms with E-state index in [9.17, 15) is 0 Å². The normalized spacial score (nSPS) is 12.8. The Morgan fingerprint density at radius 2 is 1.47 bits per heavy atom. The number of allylic oxidation sites excluding steroid dienone is 4. The van der Waals surface area contributed by atoms with Crippen molar-refractivity contribution in [3.05, 3.63) is 83.0 Å². The van der Waals surface area contributed by atoms with Crippen molar-refractivity contribution in [3.63, 3.8) is 0 Å². The van der Waals surface area contributed by atoms with Crippen LogP contribution in [0.3, 0.4) is 0 Å². The van der Waals surface area contributed by atoms with Crippen molar-refractivity contribution < 1.29 is 49.0 Å². The van der Waals surface area contributed by atoms with E-state index in [0.29, 0.717) is 0 Å². The molecule has 184 valence electrons. The van der Waals surface area contributed by atoms with Crippen LogP contribution < -0.4 is 24.8 Å². The zero-order valence-electron chi connectivity index (χ0n) is 22.2. The summed E-state index contributed by atoms with van der Waals surface area (Å²) in [5.41, 5.74) is 8.76. The van der Waals surface area contributed by atoms with Gasteiger partial charge in [0.2, 0.25) is 0 Å². The van der Waals surface area contributed by atoms with Crippen LogP contribution in [0.2, 0.25) is 0 Å². The molecule has 0 spiro atoms. The minimum atomic E-state index is 0. The average Bonchev–Trinajstić information content (AvgIpc) is 3.43. The fraction of sp³-hybridized carbons (Fsp3) is 0.452. The van der Waals surface area contributed by atoms with Gasteiger partial charge in [-0.1, -0.05) is 76.3 Å². The summed E-state index contributed by atoms with van der Waals surface area (Å²) in [6, 6.07) is 15.1. The molecule has 2 aliphatic carbocycles. The molecule has 0 unspecified atom stereocenters. The van der Waals surface area contributed by atoms with Gasteiger partial charge in [-0.15, -0.1) is 12.0 Å². The summed E-state index contributed by atoms with van der Waals surface area (Å²) in [4.78, 5) is 0. The third kappa shape index (κ3) is 9.72. The van der Waals surface area contributed by atoms with E-state index in [4.69, 9.17) is 0 Å². The molecular weight excluding hydrogens is 534 g/mol. The van der Waals surface area contributed by atoms with Crippen LogP contribution in [-0.4, -0.2) is 3.21 Å². The van der Waals surface area contributed by atoms with E-state index in [2.05, 4.69) is 104 Å². The van der Waals surface area contributed by atoms with E-state index >= 15 is 0 Å². The first-order chi connectivity index (χ1) is 15.0. The van der Waals surface area contributed by atoms with E-state index in [1.807, 2.05) is 12.2 Å². The van der Waals surface area contributed by atoms with Gasteiger partial charge in [0.15, 0.2) is 0 Å². The van der Waals surface area contributed by atoms with Crippen molar-refractivity contribution in [2.75, 3.05) is 0 Å². The summed E-state index contributed by atoms with van der Waals surface area (Å²) in [6.45, 7) is 18.1. The summed E-state index contributed by atoms with van der Waals surface area (Å²) in [6.07, 6.45) is 13.6. The largest absolute Gasteiger partial charge is 1.00 e. The molecular formula is C31H40Cl2Zr-2. The third-order valence-electron chi connectivity index (χ3n) is 5.97. The Labute approximate surface area is 236 Å². The Balaban J connectivity index is 0.000000700. The molecule has 0 heterocycles. The molecule has 0 atom stereocenters. The summed E-state index contributed by atoms with van der Waals surface area (Å²) in [5, 5.41) is 0. The van der Waals surface area contributed by atoms with Crippen molar-refractivity contribution >= 4 is 3.21 Å². The topological polar surface area (TPSA) is 0 Å². The van der Waals surface area contributed by atoms with Crippen LogP contribution in [0.15, 0.2) is 48.6 Å². The molecule has 0 radical (unpaired) electrons. The second-order valence-corrected chi connectivity index (χ2v) is 12.4. The Morgan fingerprint density at radius 3 is 1.88 bits per heavy atom. The van der Waals surface area contributed by atoms with E-state index in [-0.39, 0.29) is 35.6 Å². The standard InChI is InChI=1S/C21H25.C5H5.C5H10.2ClH.Zr/c1-20(2,3)16-9-7-14-11-15-8-10-17(21(4,5)6)13-19(15)18(14)12-16;1-2-4-5-3-1;1-3-5-4-2;;;/h7,9-10,12-13H,11H2,1-6H3;1-3H,4H2;3-4H2,1-2H3;2*1H;/q2*-1;;;;+2/p-2. The first kappa shape index (κ1) is 33.3. The summed E-state index contributed by atoms with van der Waals surface area (Å²) in [7, 11) is 0. The second-order valence-electron chi connectivity index (χ2n) is 10.6. The van der Waals surface area contributed by atoms with Gasteiger partial charge in [-0.2, -0.15) is 35.4 Å². The maximum absolute atomic E-state index is 3.53. The van der Waals surface area contributed by atoms with Gasteiger partial charge in [-0.05, 0) is 17.4 Å². The number of rotatable bonds is 2. The zero-order chi connectivity index (χ0) is 23.9. The second kappa shape index (κ2) is 14.7. The van der Waals surface area contributed by atoms with E-state index in [1.54, 1.807) is 27.4 Å². The average molecular weight is 575 g/mol. The maximum Gasteiger partial charge on any atom is -0.109 e. The van der Waals surface area contributed by atoms with Crippen LogP contribution in [0.1, 0.15) is 96.9 Å². The molecule has 0 saturated carbocycles. The molecule has 0 amide bonds. The Bertz CT molecular complexity index is 908. The molecule has 0 bridgehead atoms. The van der Waals surface area contributed by atoms with Gasteiger partial charge in [0, 0.05) is 0 Å². The number of halogens is 2. The summed E-state index contributed by atoms with van der Waals surface area (Å²) in [5.74, 6) is 0. The molecule has 0 saturated heterocycles. The van der Waals surface area contributed by atoms with Crippen molar-refractivity contribution in [1.82, 2.24) is 0 Å². The number of benzene rings is 2. The first-order valence-electron chi connectivity index (χ1n) is 11.9.